The van der Waals surface area contributed by atoms with Crippen LogP contribution in [0.25, 0.3) is 0 Å². The first-order valence-electron chi connectivity index (χ1n) is 6.30. The summed E-state index contributed by atoms with van der Waals surface area (Å²) in [7, 11) is -1.58. The molecule has 1 fully saturated rings. The maximum absolute atomic E-state index is 11.9. The molecule has 0 aromatic heterocycles. The van der Waals surface area contributed by atoms with Crippen molar-refractivity contribution >= 4 is 10.0 Å². The third kappa shape index (κ3) is 4.91. The summed E-state index contributed by atoms with van der Waals surface area (Å²) in [6.45, 7) is 4.69. The number of sulfonamides is 1. The van der Waals surface area contributed by atoms with Gasteiger partial charge in [-0.2, -0.15) is 0 Å². The van der Waals surface area contributed by atoms with Crippen LogP contribution < -0.4 is 5.32 Å². The van der Waals surface area contributed by atoms with Crippen LogP contribution in [-0.4, -0.2) is 57.9 Å². The molecule has 1 rings (SSSR count). The van der Waals surface area contributed by atoms with Crippen LogP contribution in [-0.2, 0) is 14.8 Å². The molecular weight excluding hydrogens is 240 g/mol. The minimum absolute atomic E-state index is 0.0938. The van der Waals surface area contributed by atoms with Gasteiger partial charge in [-0.25, -0.2) is 12.7 Å². The Balaban J connectivity index is 2.35. The average Bonchev–Trinajstić information content (AvgIpc) is 2.34. The lowest BCUT2D eigenvalue weighted by Gasteiger charge is -2.31. The van der Waals surface area contributed by atoms with Gasteiger partial charge in [0, 0.05) is 26.2 Å². The molecule has 1 aliphatic heterocycles. The van der Waals surface area contributed by atoms with Crippen LogP contribution in [0.2, 0.25) is 0 Å². The third-order valence-electron chi connectivity index (χ3n) is 3.08. The van der Waals surface area contributed by atoms with Crippen molar-refractivity contribution in [3.8, 4) is 0 Å². The summed E-state index contributed by atoms with van der Waals surface area (Å²) >= 11 is 0. The number of nitrogens with one attached hydrogen (secondary N) is 1. The van der Waals surface area contributed by atoms with Crippen LogP contribution >= 0.6 is 0 Å². The molecule has 6 heteroatoms. The molecule has 0 aliphatic carbocycles. The fourth-order valence-corrected chi connectivity index (χ4v) is 3.41. The van der Waals surface area contributed by atoms with Gasteiger partial charge in [0.15, 0.2) is 0 Å². The zero-order valence-corrected chi connectivity index (χ0v) is 11.6. The molecule has 102 valence electrons. The summed E-state index contributed by atoms with van der Waals surface area (Å²) < 4.78 is 30.2. The normalized spacial score (nSPS) is 19.6. The molecule has 0 spiro atoms. The monoisotopic (exact) mass is 264 g/mol. The second-order valence-electron chi connectivity index (χ2n) is 4.44. The van der Waals surface area contributed by atoms with E-state index < -0.39 is 10.0 Å². The number of hydrogen-bond donors (Lipinski definition) is 1. The Morgan fingerprint density at radius 2 is 2.00 bits per heavy atom. The van der Waals surface area contributed by atoms with Gasteiger partial charge in [0.25, 0.3) is 0 Å². The van der Waals surface area contributed by atoms with Gasteiger partial charge in [0.05, 0.1) is 12.4 Å². The SMILES string of the molecule is CCCNC1CCN(S(=O)(=O)CCOC)CC1. The van der Waals surface area contributed by atoms with Crippen LogP contribution in [0, 0.1) is 0 Å². The van der Waals surface area contributed by atoms with E-state index in [1.165, 1.54) is 7.11 Å². The van der Waals surface area contributed by atoms with Crippen molar-refractivity contribution in [1.82, 2.24) is 9.62 Å². The number of hydrogen-bond acceptors (Lipinski definition) is 4. The highest BCUT2D eigenvalue weighted by Crippen LogP contribution is 2.14. The molecule has 17 heavy (non-hydrogen) atoms. The summed E-state index contributed by atoms with van der Waals surface area (Å²) in [5.74, 6) is 0.0938. The second kappa shape index (κ2) is 7.31. The Hall–Kier alpha value is -0.170. The summed E-state index contributed by atoms with van der Waals surface area (Å²) in [4.78, 5) is 0. The Labute approximate surface area is 105 Å². The zero-order valence-electron chi connectivity index (χ0n) is 10.8. The summed E-state index contributed by atoms with van der Waals surface area (Å²) in [5, 5.41) is 3.44. The first-order valence-corrected chi connectivity index (χ1v) is 7.91. The van der Waals surface area contributed by atoms with Gasteiger partial charge in [-0.1, -0.05) is 6.92 Å². The number of rotatable bonds is 7. The number of piperidine rings is 1. The zero-order chi connectivity index (χ0) is 12.7. The quantitative estimate of drug-likeness (QED) is 0.724. The molecule has 0 bridgehead atoms. The topological polar surface area (TPSA) is 58.6 Å². The van der Waals surface area contributed by atoms with Gasteiger partial charge >= 0.3 is 0 Å². The first-order chi connectivity index (χ1) is 8.10. The standard InChI is InChI=1S/C11H24N2O3S/c1-3-6-12-11-4-7-13(8-5-11)17(14,15)10-9-16-2/h11-12H,3-10H2,1-2H3. The predicted molar refractivity (Wildman–Crippen MR) is 68.6 cm³/mol. The van der Waals surface area contributed by atoms with Crippen LogP contribution in [0.1, 0.15) is 26.2 Å². The Morgan fingerprint density at radius 3 is 2.53 bits per heavy atom. The molecule has 0 unspecified atom stereocenters. The first kappa shape index (κ1) is 14.9. The average molecular weight is 264 g/mol. The van der Waals surface area contributed by atoms with Crippen molar-refractivity contribution in [2.75, 3.05) is 39.1 Å². The molecule has 0 aromatic carbocycles. The fourth-order valence-electron chi connectivity index (χ4n) is 2.00. The Morgan fingerprint density at radius 1 is 1.35 bits per heavy atom. The number of methoxy groups -OCH3 is 1. The van der Waals surface area contributed by atoms with Crippen molar-refractivity contribution in [2.45, 2.75) is 32.2 Å². The highest BCUT2D eigenvalue weighted by molar-refractivity contribution is 7.89. The van der Waals surface area contributed by atoms with E-state index in [4.69, 9.17) is 4.74 Å². The Bertz CT molecular complexity index is 298. The fraction of sp³-hybridized carbons (Fsp3) is 1.00. The lowest BCUT2D eigenvalue weighted by Crippen LogP contribution is -2.46. The minimum atomic E-state index is -3.11. The van der Waals surface area contributed by atoms with Crippen LogP contribution in [0.15, 0.2) is 0 Å². The predicted octanol–water partition coefficient (Wildman–Crippen LogP) is 0.427. The number of nitrogens with zero attached hydrogens (tertiary/aromatic N) is 1. The third-order valence-corrected chi connectivity index (χ3v) is 4.91. The molecule has 0 aromatic rings. The van der Waals surface area contributed by atoms with Crippen molar-refractivity contribution < 1.29 is 13.2 Å². The van der Waals surface area contributed by atoms with Gasteiger partial charge in [-0.15, -0.1) is 0 Å². The van der Waals surface area contributed by atoms with E-state index in [-0.39, 0.29) is 12.4 Å². The molecule has 0 amide bonds. The molecule has 1 aliphatic rings. The molecule has 1 heterocycles. The highest BCUT2D eigenvalue weighted by Gasteiger charge is 2.27. The van der Waals surface area contributed by atoms with Crippen LogP contribution in [0.5, 0.6) is 0 Å². The van der Waals surface area contributed by atoms with E-state index in [1.807, 2.05) is 0 Å². The number of ether oxygens (including phenoxy) is 1. The van der Waals surface area contributed by atoms with E-state index in [1.54, 1.807) is 4.31 Å². The molecule has 1 N–H and O–H groups in total. The maximum Gasteiger partial charge on any atom is 0.216 e. The summed E-state index contributed by atoms with van der Waals surface area (Å²) in [5.41, 5.74) is 0. The van der Waals surface area contributed by atoms with E-state index in [2.05, 4.69) is 12.2 Å². The molecular formula is C11H24N2O3S. The maximum atomic E-state index is 11.9. The lowest BCUT2D eigenvalue weighted by molar-refractivity contribution is 0.214. The van der Waals surface area contributed by atoms with Gasteiger partial charge in [-0.05, 0) is 25.8 Å². The molecule has 5 nitrogen and oxygen atoms in total. The smallest absolute Gasteiger partial charge is 0.216 e. The van der Waals surface area contributed by atoms with E-state index >= 15 is 0 Å². The van der Waals surface area contributed by atoms with Gasteiger partial charge in [0.2, 0.25) is 10.0 Å². The largest absolute Gasteiger partial charge is 0.384 e. The van der Waals surface area contributed by atoms with Crippen molar-refractivity contribution in [2.24, 2.45) is 0 Å². The molecule has 0 radical (unpaired) electrons. The van der Waals surface area contributed by atoms with E-state index in [9.17, 15) is 8.42 Å². The van der Waals surface area contributed by atoms with Crippen molar-refractivity contribution in [3.63, 3.8) is 0 Å². The lowest BCUT2D eigenvalue weighted by atomic mass is 10.1. The minimum Gasteiger partial charge on any atom is -0.384 e. The summed E-state index contributed by atoms with van der Waals surface area (Å²) in [6, 6.07) is 0.476. The molecule has 1 saturated heterocycles. The Kier molecular flexibility index (Phi) is 6.40. The molecule has 0 saturated carbocycles. The van der Waals surface area contributed by atoms with Gasteiger partial charge in [-0.3, -0.25) is 0 Å². The highest BCUT2D eigenvalue weighted by atomic mass is 32.2. The second-order valence-corrected chi connectivity index (χ2v) is 6.52. The van der Waals surface area contributed by atoms with Gasteiger partial charge in [0.1, 0.15) is 0 Å². The van der Waals surface area contributed by atoms with E-state index in [0.29, 0.717) is 19.1 Å². The van der Waals surface area contributed by atoms with Gasteiger partial charge < -0.3 is 10.1 Å². The van der Waals surface area contributed by atoms with Crippen LogP contribution in [0.3, 0.4) is 0 Å². The van der Waals surface area contributed by atoms with Crippen molar-refractivity contribution in [3.05, 3.63) is 0 Å². The van der Waals surface area contributed by atoms with Crippen LogP contribution in [0.4, 0.5) is 0 Å². The van der Waals surface area contributed by atoms with Crippen molar-refractivity contribution in [1.29, 1.82) is 0 Å². The van der Waals surface area contributed by atoms with E-state index in [0.717, 1.165) is 25.8 Å². The molecule has 0 atom stereocenters. The summed E-state index contributed by atoms with van der Waals surface area (Å²) in [6.07, 6.45) is 2.94.